The summed E-state index contributed by atoms with van der Waals surface area (Å²) in [5.41, 5.74) is 7.78. The van der Waals surface area contributed by atoms with Gasteiger partial charge in [0.1, 0.15) is 0 Å². The molecule has 1 N–H and O–H groups in total. The molecule has 0 unspecified atom stereocenters. The number of anilines is 1. The summed E-state index contributed by atoms with van der Waals surface area (Å²) in [6, 6.07) is 13.1. The fraction of sp³-hybridized carbons (Fsp3) is 0.375. The Hall–Kier alpha value is -2.10. The summed E-state index contributed by atoms with van der Waals surface area (Å²) in [6.07, 6.45) is 4.17. The topological polar surface area (TPSA) is 28.2 Å². The van der Waals surface area contributed by atoms with E-state index in [9.17, 15) is 0 Å². The molecule has 0 spiro atoms. The molecule has 0 saturated carbocycles. The SMILES string of the molecule is Cc1cc(C)c(CN2CCC(Nc3ccnc4cc(Cl)ccc34)CC2)c(C)c1. The number of rotatable bonds is 4. The minimum Gasteiger partial charge on any atom is -0.382 e. The maximum absolute atomic E-state index is 6.11. The number of pyridine rings is 1. The monoisotopic (exact) mass is 393 g/mol. The van der Waals surface area contributed by atoms with E-state index in [4.69, 9.17) is 11.6 Å². The smallest absolute Gasteiger partial charge is 0.0737 e. The van der Waals surface area contributed by atoms with Crippen LogP contribution in [0.3, 0.4) is 0 Å². The van der Waals surface area contributed by atoms with Crippen molar-refractivity contribution < 1.29 is 0 Å². The molecule has 28 heavy (non-hydrogen) atoms. The molecule has 0 amide bonds. The Kier molecular flexibility index (Phi) is 5.56. The summed E-state index contributed by atoms with van der Waals surface area (Å²) in [5.74, 6) is 0. The van der Waals surface area contributed by atoms with Gasteiger partial charge >= 0.3 is 0 Å². The second kappa shape index (κ2) is 8.10. The minimum atomic E-state index is 0.498. The average Bonchev–Trinajstić information content (AvgIpc) is 2.66. The Labute approximate surface area is 172 Å². The first-order valence-corrected chi connectivity index (χ1v) is 10.5. The van der Waals surface area contributed by atoms with Crippen molar-refractivity contribution >= 4 is 28.2 Å². The summed E-state index contributed by atoms with van der Waals surface area (Å²) in [7, 11) is 0. The van der Waals surface area contributed by atoms with Gasteiger partial charge in [0.25, 0.3) is 0 Å². The van der Waals surface area contributed by atoms with E-state index in [0.29, 0.717) is 6.04 Å². The number of aromatic nitrogens is 1. The van der Waals surface area contributed by atoms with Crippen LogP contribution in [0.2, 0.25) is 5.02 Å². The summed E-state index contributed by atoms with van der Waals surface area (Å²) in [6.45, 7) is 9.96. The molecule has 4 rings (SSSR count). The molecule has 0 aliphatic carbocycles. The highest BCUT2D eigenvalue weighted by atomic mass is 35.5. The molecular formula is C24H28ClN3. The molecule has 4 heteroatoms. The Balaban J connectivity index is 1.40. The minimum absolute atomic E-state index is 0.498. The van der Waals surface area contributed by atoms with Gasteiger partial charge in [0.2, 0.25) is 0 Å². The number of hydrogen-bond acceptors (Lipinski definition) is 3. The Morgan fingerprint density at radius 1 is 1.04 bits per heavy atom. The first kappa shape index (κ1) is 19.2. The van der Waals surface area contributed by atoms with Gasteiger partial charge in [-0.1, -0.05) is 29.3 Å². The Morgan fingerprint density at radius 3 is 2.46 bits per heavy atom. The van der Waals surface area contributed by atoms with Crippen LogP contribution in [0, 0.1) is 20.8 Å². The van der Waals surface area contributed by atoms with Crippen LogP contribution in [-0.4, -0.2) is 29.0 Å². The fourth-order valence-corrected chi connectivity index (χ4v) is 4.55. The van der Waals surface area contributed by atoms with E-state index in [0.717, 1.165) is 54.1 Å². The van der Waals surface area contributed by atoms with Crippen LogP contribution in [0.1, 0.15) is 35.1 Å². The lowest BCUT2D eigenvalue weighted by molar-refractivity contribution is 0.210. The summed E-state index contributed by atoms with van der Waals surface area (Å²) < 4.78 is 0. The highest BCUT2D eigenvalue weighted by molar-refractivity contribution is 6.31. The highest BCUT2D eigenvalue weighted by Crippen LogP contribution is 2.27. The molecule has 1 fully saturated rings. The molecule has 1 aliphatic rings. The van der Waals surface area contributed by atoms with E-state index in [1.807, 2.05) is 18.3 Å². The average molecular weight is 394 g/mol. The van der Waals surface area contributed by atoms with Gasteiger partial charge in [-0.15, -0.1) is 0 Å². The normalized spacial score (nSPS) is 15.9. The zero-order valence-electron chi connectivity index (χ0n) is 16.9. The largest absolute Gasteiger partial charge is 0.382 e. The van der Waals surface area contributed by atoms with Crippen molar-refractivity contribution in [3.63, 3.8) is 0 Å². The van der Waals surface area contributed by atoms with Gasteiger partial charge in [-0.3, -0.25) is 9.88 Å². The molecule has 1 aromatic heterocycles. The summed E-state index contributed by atoms with van der Waals surface area (Å²) >= 11 is 6.11. The van der Waals surface area contributed by atoms with Gasteiger partial charge in [0.05, 0.1) is 5.52 Å². The first-order chi connectivity index (χ1) is 13.5. The summed E-state index contributed by atoms with van der Waals surface area (Å²) in [4.78, 5) is 7.04. The molecule has 1 aliphatic heterocycles. The molecule has 0 atom stereocenters. The number of nitrogens with one attached hydrogen (secondary N) is 1. The predicted molar refractivity (Wildman–Crippen MR) is 119 cm³/mol. The molecule has 0 radical (unpaired) electrons. The van der Waals surface area contributed by atoms with Crippen LogP contribution in [0.25, 0.3) is 10.9 Å². The molecule has 146 valence electrons. The summed E-state index contributed by atoms with van der Waals surface area (Å²) in [5, 5.41) is 5.62. The van der Waals surface area contributed by atoms with Crippen molar-refractivity contribution in [3.8, 4) is 0 Å². The molecule has 3 nitrogen and oxygen atoms in total. The first-order valence-electron chi connectivity index (χ1n) is 10.1. The zero-order valence-corrected chi connectivity index (χ0v) is 17.7. The number of piperidine rings is 1. The van der Waals surface area contributed by atoms with E-state index in [-0.39, 0.29) is 0 Å². The van der Waals surface area contributed by atoms with E-state index in [1.165, 1.54) is 22.3 Å². The number of fused-ring (bicyclic) bond motifs is 1. The van der Waals surface area contributed by atoms with Gasteiger partial charge in [-0.2, -0.15) is 0 Å². The van der Waals surface area contributed by atoms with Crippen molar-refractivity contribution in [2.75, 3.05) is 18.4 Å². The molecule has 1 saturated heterocycles. The van der Waals surface area contributed by atoms with Crippen LogP contribution in [0.5, 0.6) is 0 Å². The van der Waals surface area contributed by atoms with Crippen LogP contribution < -0.4 is 5.32 Å². The molecule has 0 bridgehead atoms. The third-order valence-electron chi connectivity index (χ3n) is 5.87. The third kappa shape index (κ3) is 4.16. The lowest BCUT2D eigenvalue weighted by Crippen LogP contribution is -2.39. The number of halogens is 1. The van der Waals surface area contributed by atoms with Crippen molar-refractivity contribution in [1.82, 2.24) is 9.88 Å². The van der Waals surface area contributed by atoms with Gasteiger partial charge in [-0.05, 0) is 74.6 Å². The second-order valence-electron chi connectivity index (χ2n) is 8.09. The molecule has 2 aromatic carbocycles. The number of benzene rings is 2. The van der Waals surface area contributed by atoms with E-state index < -0.39 is 0 Å². The number of nitrogens with zero attached hydrogens (tertiary/aromatic N) is 2. The van der Waals surface area contributed by atoms with Gasteiger partial charge < -0.3 is 5.32 Å². The van der Waals surface area contributed by atoms with Gasteiger partial charge in [-0.25, -0.2) is 0 Å². The fourth-order valence-electron chi connectivity index (χ4n) is 4.39. The van der Waals surface area contributed by atoms with Crippen LogP contribution >= 0.6 is 11.6 Å². The van der Waals surface area contributed by atoms with Crippen molar-refractivity contribution in [2.24, 2.45) is 0 Å². The van der Waals surface area contributed by atoms with E-state index in [1.54, 1.807) is 0 Å². The van der Waals surface area contributed by atoms with Gasteiger partial charge in [0.15, 0.2) is 0 Å². The lowest BCUT2D eigenvalue weighted by Gasteiger charge is -2.33. The highest BCUT2D eigenvalue weighted by Gasteiger charge is 2.20. The maximum atomic E-state index is 6.11. The number of likely N-dealkylation sites (tertiary alicyclic amines) is 1. The maximum Gasteiger partial charge on any atom is 0.0737 e. The third-order valence-corrected chi connectivity index (χ3v) is 6.11. The van der Waals surface area contributed by atoms with E-state index >= 15 is 0 Å². The van der Waals surface area contributed by atoms with Crippen LogP contribution in [-0.2, 0) is 6.54 Å². The molecule has 2 heterocycles. The standard InChI is InChI=1S/C24H28ClN3/c1-16-12-17(2)22(18(3)13-16)15-28-10-7-20(8-11-28)27-23-6-9-26-24-14-19(25)4-5-21(23)24/h4-6,9,12-14,20H,7-8,10-11,15H2,1-3H3,(H,26,27). The Bertz CT molecular complexity index is 967. The van der Waals surface area contributed by atoms with Crippen LogP contribution in [0.15, 0.2) is 42.6 Å². The van der Waals surface area contributed by atoms with Crippen molar-refractivity contribution in [3.05, 3.63) is 69.9 Å². The Morgan fingerprint density at radius 2 is 1.75 bits per heavy atom. The zero-order chi connectivity index (χ0) is 19.7. The molecule has 3 aromatic rings. The van der Waals surface area contributed by atoms with Crippen molar-refractivity contribution in [2.45, 2.75) is 46.2 Å². The predicted octanol–water partition coefficient (Wildman–Crippen LogP) is 5.89. The number of hydrogen-bond donors (Lipinski definition) is 1. The quantitative estimate of drug-likeness (QED) is 0.599. The second-order valence-corrected chi connectivity index (χ2v) is 8.53. The van der Waals surface area contributed by atoms with Crippen LogP contribution in [0.4, 0.5) is 5.69 Å². The van der Waals surface area contributed by atoms with Gasteiger partial charge in [0, 0.05) is 48.0 Å². The number of aryl methyl sites for hydroxylation is 3. The molecular weight excluding hydrogens is 366 g/mol. The van der Waals surface area contributed by atoms with E-state index in [2.05, 4.69) is 60.2 Å². The lowest BCUT2D eigenvalue weighted by atomic mass is 9.97. The van der Waals surface area contributed by atoms with Crippen molar-refractivity contribution in [1.29, 1.82) is 0 Å².